The van der Waals surface area contributed by atoms with E-state index in [9.17, 15) is 23.4 Å². The van der Waals surface area contributed by atoms with E-state index in [4.69, 9.17) is 9.47 Å². The number of carbonyl (C=O) groups excluding carboxylic acids is 1. The summed E-state index contributed by atoms with van der Waals surface area (Å²) in [6, 6.07) is 38.5. The standard InChI is InChI=1S/C43H46N2O7S2/c1-30-13-19-39(20-14-30)54(49,50)45-40(24-31-7-3-2-4-8-31)42(48)44-27-33-9-5-10-35(23-33)36-11-6-12-37(25-36)43-51-38(29-53-22-21-46)26-41(52-43)34-17-15-32(28-47)16-18-34/h2-20,23,25,38,40-41,43,45-47H,21-22,24,26-29H2,1H3,(H,44,48)/t38-,40+,41+,43+/m0/s1. The number of aliphatic hydroxyl groups excluding tert-OH is 2. The molecule has 1 saturated heterocycles. The fraction of sp³-hybridized carbons (Fsp3) is 0.279. The van der Waals surface area contributed by atoms with Gasteiger partial charge in [-0.05, 0) is 71.0 Å². The summed E-state index contributed by atoms with van der Waals surface area (Å²) in [5.41, 5.74) is 7.21. The molecule has 5 aromatic carbocycles. The number of aliphatic hydroxyl groups is 2. The first-order chi connectivity index (χ1) is 26.2. The van der Waals surface area contributed by atoms with Gasteiger partial charge in [0.05, 0.1) is 30.3 Å². The zero-order valence-electron chi connectivity index (χ0n) is 30.1. The number of ether oxygens (including phenoxy) is 2. The summed E-state index contributed by atoms with van der Waals surface area (Å²) < 4.78 is 42.3. The normalized spacial score (nSPS) is 17.9. The zero-order chi connectivity index (χ0) is 37.9. The molecule has 0 aromatic heterocycles. The molecule has 0 unspecified atom stereocenters. The van der Waals surface area contributed by atoms with Crippen LogP contribution in [-0.4, -0.2) is 54.8 Å². The van der Waals surface area contributed by atoms with Gasteiger partial charge in [0.15, 0.2) is 6.29 Å². The highest BCUT2D eigenvalue weighted by Gasteiger charge is 2.32. The molecule has 1 aliphatic heterocycles. The first-order valence-corrected chi connectivity index (χ1v) is 20.6. The van der Waals surface area contributed by atoms with E-state index in [0.29, 0.717) is 12.2 Å². The first kappa shape index (κ1) is 39.4. The maximum atomic E-state index is 13.6. The highest BCUT2D eigenvalue weighted by molar-refractivity contribution is 7.99. The van der Waals surface area contributed by atoms with Gasteiger partial charge < -0.3 is 25.0 Å². The Balaban J connectivity index is 1.17. The van der Waals surface area contributed by atoms with Gasteiger partial charge in [-0.3, -0.25) is 4.79 Å². The topological polar surface area (TPSA) is 134 Å². The summed E-state index contributed by atoms with van der Waals surface area (Å²) in [5.74, 6) is 0.920. The Hall–Kier alpha value is -4.33. The molecule has 11 heteroatoms. The molecule has 4 N–H and O–H groups in total. The van der Waals surface area contributed by atoms with Crippen LogP contribution in [0.3, 0.4) is 0 Å². The number of rotatable bonds is 16. The number of hydrogen-bond acceptors (Lipinski definition) is 8. The van der Waals surface area contributed by atoms with Gasteiger partial charge in [-0.2, -0.15) is 16.5 Å². The number of sulfonamides is 1. The molecule has 0 radical (unpaired) electrons. The van der Waals surface area contributed by atoms with E-state index in [1.807, 2.05) is 110 Å². The van der Waals surface area contributed by atoms with Gasteiger partial charge >= 0.3 is 0 Å². The zero-order valence-corrected chi connectivity index (χ0v) is 31.8. The lowest BCUT2D eigenvalue weighted by molar-refractivity contribution is -0.245. The van der Waals surface area contributed by atoms with Crippen LogP contribution in [0.15, 0.2) is 132 Å². The van der Waals surface area contributed by atoms with Gasteiger partial charge in [0.1, 0.15) is 6.04 Å². The van der Waals surface area contributed by atoms with Crippen LogP contribution in [0.4, 0.5) is 0 Å². The van der Waals surface area contributed by atoms with Crippen LogP contribution in [0.5, 0.6) is 0 Å². The van der Waals surface area contributed by atoms with Crippen molar-refractivity contribution in [3.8, 4) is 11.1 Å². The monoisotopic (exact) mass is 766 g/mol. The van der Waals surface area contributed by atoms with Crippen LogP contribution >= 0.6 is 11.8 Å². The Labute approximate surface area is 321 Å². The van der Waals surface area contributed by atoms with E-state index >= 15 is 0 Å². The van der Waals surface area contributed by atoms with E-state index < -0.39 is 28.3 Å². The van der Waals surface area contributed by atoms with Crippen molar-refractivity contribution in [3.05, 3.63) is 161 Å². The van der Waals surface area contributed by atoms with E-state index in [1.54, 1.807) is 23.9 Å². The van der Waals surface area contributed by atoms with E-state index in [2.05, 4.69) is 10.0 Å². The van der Waals surface area contributed by atoms with Crippen LogP contribution < -0.4 is 10.0 Å². The van der Waals surface area contributed by atoms with Gasteiger partial charge in [0.2, 0.25) is 15.9 Å². The maximum Gasteiger partial charge on any atom is 0.241 e. The minimum Gasteiger partial charge on any atom is -0.396 e. The lowest BCUT2D eigenvalue weighted by Crippen LogP contribution is -2.47. The third-order valence-corrected chi connectivity index (χ3v) is 11.8. The second-order valence-corrected chi connectivity index (χ2v) is 16.2. The summed E-state index contributed by atoms with van der Waals surface area (Å²) >= 11 is 1.64. The summed E-state index contributed by atoms with van der Waals surface area (Å²) in [4.78, 5) is 13.7. The number of nitrogens with one attached hydrogen (secondary N) is 2. The highest BCUT2D eigenvalue weighted by atomic mass is 32.2. The quantitative estimate of drug-likeness (QED) is 0.0823. The lowest BCUT2D eigenvalue weighted by Gasteiger charge is -2.36. The van der Waals surface area contributed by atoms with E-state index in [1.165, 1.54) is 12.1 Å². The molecule has 1 fully saturated rings. The maximum absolute atomic E-state index is 13.6. The van der Waals surface area contributed by atoms with E-state index in [-0.39, 0.29) is 43.3 Å². The van der Waals surface area contributed by atoms with Crippen molar-refractivity contribution in [2.75, 3.05) is 18.1 Å². The molecule has 0 bridgehead atoms. The lowest BCUT2D eigenvalue weighted by atomic mass is 9.99. The molecule has 0 spiro atoms. The third-order valence-electron chi connectivity index (χ3n) is 9.27. The van der Waals surface area contributed by atoms with Gasteiger partial charge in [0.25, 0.3) is 0 Å². The molecular formula is C43H46N2O7S2. The van der Waals surface area contributed by atoms with Crippen molar-refractivity contribution in [3.63, 3.8) is 0 Å². The predicted molar refractivity (Wildman–Crippen MR) is 212 cm³/mol. The average molecular weight is 767 g/mol. The third kappa shape index (κ3) is 10.7. The van der Waals surface area contributed by atoms with E-state index in [0.717, 1.165) is 50.3 Å². The van der Waals surface area contributed by atoms with Crippen molar-refractivity contribution in [1.29, 1.82) is 0 Å². The molecule has 0 aliphatic carbocycles. The van der Waals surface area contributed by atoms with Gasteiger partial charge in [-0.25, -0.2) is 8.42 Å². The molecule has 54 heavy (non-hydrogen) atoms. The molecule has 1 heterocycles. The summed E-state index contributed by atoms with van der Waals surface area (Å²) in [5, 5.41) is 21.8. The van der Waals surface area contributed by atoms with Crippen molar-refractivity contribution in [2.45, 2.75) is 62.4 Å². The Morgan fingerprint density at radius 3 is 2.22 bits per heavy atom. The molecule has 1 amide bonds. The van der Waals surface area contributed by atoms with Crippen molar-refractivity contribution >= 4 is 27.7 Å². The number of aryl methyl sites for hydroxylation is 1. The summed E-state index contributed by atoms with van der Waals surface area (Å²) in [6.45, 7) is 2.16. The van der Waals surface area contributed by atoms with Crippen LogP contribution in [0, 0.1) is 6.92 Å². The Kier molecular flexibility index (Phi) is 13.7. The van der Waals surface area contributed by atoms with Gasteiger partial charge in [-0.15, -0.1) is 0 Å². The first-order valence-electron chi connectivity index (χ1n) is 18.0. The Bertz CT molecular complexity index is 2080. The second-order valence-electron chi connectivity index (χ2n) is 13.4. The molecule has 1 aliphatic rings. The van der Waals surface area contributed by atoms with Crippen molar-refractivity contribution in [1.82, 2.24) is 10.0 Å². The minimum atomic E-state index is -3.96. The number of carbonyl (C=O) groups is 1. The molecule has 9 nitrogen and oxygen atoms in total. The average Bonchev–Trinajstić information content (AvgIpc) is 3.20. The predicted octanol–water partition coefficient (Wildman–Crippen LogP) is 6.63. The molecule has 5 aromatic rings. The van der Waals surface area contributed by atoms with Crippen molar-refractivity contribution < 1.29 is 32.9 Å². The van der Waals surface area contributed by atoms with Crippen molar-refractivity contribution in [2.24, 2.45) is 0 Å². The molecule has 6 rings (SSSR count). The Morgan fingerprint density at radius 2 is 1.50 bits per heavy atom. The van der Waals surface area contributed by atoms with Crippen LogP contribution in [0.2, 0.25) is 0 Å². The second kappa shape index (κ2) is 18.8. The molecule has 0 saturated carbocycles. The van der Waals surface area contributed by atoms with Crippen LogP contribution in [-0.2, 0) is 43.9 Å². The number of thioether (sulfide) groups is 1. The fourth-order valence-corrected chi connectivity index (χ4v) is 8.32. The summed E-state index contributed by atoms with van der Waals surface area (Å²) in [6.07, 6.45) is -0.0651. The van der Waals surface area contributed by atoms with Gasteiger partial charge in [-0.1, -0.05) is 109 Å². The van der Waals surface area contributed by atoms with Gasteiger partial charge in [0, 0.05) is 30.0 Å². The largest absolute Gasteiger partial charge is 0.396 e. The molecule has 282 valence electrons. The number of benzene rings is 5. The number of hydrogen-bond donors (Lipinski definition) is 4. The summed E-state index contributed by atoms with van der Waals surface area (Å²) in [7, 11) is -3.96. The SMILES string of the molecule is Cc1ccc(S(=O)(=O)N[C@H](Cc2ccccc2)C(=O)NCc2cccc(-c3cccc([C@@H]4O[C@H](CSCCO)C[C@H](c5ccc(CO)cc5)O4)c3)c2)cc1. The van der Waals surface area contributed by atoms with Crippen LogP contribution in [0.25, 0.3) is 11.1 Å². The highest BCUT2D eigenvalue weighted by Crippen LogP contribution is 2.39. The number of amides is 1. The van der Waals surface area contributed by atoms with Crippen LogP contribution in [0.1, 0.15) is 52.2 Å². The molecular weight excluding hydrogens is 721 g/mol. The Morgan fingerprint density at radius 1 is 0.796 bits per heavy atom. The molecule has 4 atom stereocenters. The smallest absolute Gasteiger partial charge is 0.241 e. The fourth-order valence-electron chi connectivity index (χ4n) is 6.35. The minimum absolute atomic E-state index is 0.0246.